The van der Waals surface area contributed by atoms with Crippen LogP contribution in [0.5, 0.6) is 0 Å². The van der Waals surface area contributed by atoms with Crippen molar-refractivity contribution < 1.29 is 0 Å². The van der Waals surface area contributed by atoms with Gasteiger partial charge in [-0.05, 0) is 95.7 Å². The third-order valence-corrected chi connectivity index (χ3v) is 9.59. The number of hydrogen-bond acceptors (Lipinski definition) is 2. The van der Waals surface area contributed by atoms with Gasteiger partial charge in [0.2, 0.25) is 0 Å². The molecule has 0 bridgehead atoms. The number of fused-ring (bicyclic) bond motifs is 13. The number of rotatable bonds is 2. The zero-order chi connectivity index (χ0) is 30.2. The van der Waals surface area contributed by atoms with Crippen molar-refractivity contribution >= 4 is 75.9 Å². The molecule has 1 heterocycles. The van der Waals surface area contributed by atoms with Gasteiger partial charge in [-0.15, -0.1) is 0 Å². The Bertz CT molecular complexity index is 2830. The molecular weight excluding hydrogens is 556 g/mol. The minimum atomic E-state index is 0.916. The number of para-hydroxylation sites is 2. The lowest BCUT2D eigenvalue weighted by molar-refractivity contribution is 1.42. The van der Waals surface area contributed by atoms with Crippen molar-refractivity contribution in [3.8, 4) is 22.3 Å². The molecule has 0 saturated carbocycles. The van der Waals surface area contributed by atoms with Gasteiger partial charge in [0.05, 0.1) is 22.1 Å². The van der Waals surface area contributed by atoms with E-state index in [1.807, 2.05) is 24.3 Å². The summed E-state index contributed by atoms with van der Waals surface area (Å²) < 4.78 is 0. The van der Waals surface area contributed by atoms with E-state index in [4.69, 9.17) is 9.97 Å². The van der Waals surface area contributed by atoms with Crippen LogP contribution in [0.2, 0.25) is 0 Å². The standard InChI is InChI=1S/C44H26N2/c1-2-14-33-31(12-1)32-13-3-4-15-34(32)39-25-29(20-22-36(33)39)27-10-9-11-28(24-27)30-21-23-38-40(26-30)35-16-5-6-17-37(35)43-44(38)46-42-19-8-7-18-41(42)45-43/h1-26H. The minimum Gasteiger partial charge on any atom is -0.244 e. The van der Waals surface area contributed by atoms with Crippen molar-refractivity contribution in [3.05, 3.63) is 158 Å². The summed E-state index contributed by atoms with van der Waals surface area (Å²) in [5.41, 5.74) is 8.53. The predicted molar refractivity (Wildman–Crippen MR) is 195 cm³/mol. The molecule has 0 atom stereocenters. The molecule has 0 saturated heterocycles. The monoisotopic (exact) mass is 582 g/mol. The van der Waals surface area contributed by atoms with Gasteiger partial charge in [-0.1, -0.05) is 127 Å². The average Bonchev–Trinajstić information content (AvgIpc) is 3.14. The Kier molecular flexibility index (Phi) is 5.31. The van der Waals surface area contributed by atoms with Crippen LogP contribution in [0.4, 0.5) is 0 Å². The van der Waals surface area contributed by atoms with E-state index in [-0.39, 0.29) is 0 Å². The number of hydrogen-bond donors (Lipinski definition) is 0. The second-order valence-electron chi connectivity index (χ2n) is 12.1. The summed E-state index contributed by atoms with van der Waals surface area (Å²) in [7, 11) is 0. The Balaban J connectivity index is 1.16. The fourth-order valence-corrected chi connectivity index (χ4v) is 7.42. The van der Waals surface area contributed by atoms with Gasteiger partial charge in [0.1, 0.15) is 0 Å². The second-order valence-corrected chi connectivity index (χ2v) is 12.1. The molecule has 0 spiro atoms. The quantitative estimate of drug-likeness (QED) is 0.150. The van der Waals surface area contributed by atoms with Crippen molar-refractivity contribution in [2.75, 3.05) is 0 Å². The molecule has 0 aliphatic heterocycles. The zero-order valence-corrected chi connectivity index (χ0v) is 24.9. The van der Waals surface area contributed by atoms with Crippen molar-refractivity contribution in [2.24, 2.45) is 0 Å². The molecule has 2 heteroatoms. The van der Waals surface area contributed by atoms with E-state index >= 15 is 0 Å². The first-order chi connectivity index (χ1) is 22.8. The van der Waals surface area contributed by atoms with Crippen molar-refractivity contribution in [1.29, 1.82) is 0 Å². The molecule has 0 radical (unpaired) electrons. The molecule has 0 amide bonds. The predicted octanol–water partition coefficient (Wildman–Crippen LogP) is 11.9. The van der Waals surface area contributed by atoms with Crippen molar-refractivity contribution in [1.82, 2.24) is 9.97 Å². The molecule has 9 aromatic carbocycles. The van der Waals surface area contributed by atoms with E-state index in [0.717, 1.165) is 32.8 Å². The lowest BCUT2D eigenvalue weighted by atomic mass is 9.91. The molecular formula is C44H26N2. The Morgan fingerprint density at radius 2 is 0.587 bits per heavy atom. The van der Waals surface area contributed by atoms with Crippen molar-refractivity contribution in [2.45, 2.75) is 0 Å². The molecule has 0 N–H and O–H groups in total. The molecule has 10 rings (SSSR count). The lowest BCUT2D eigenvalue weighted by Crippen LogP contribution is -1.91. The molecule has 1 aromatic heterocycles. The Morgan fingerprint density at radius 3 is 1.13 bits per heavy atom. The van der Waals surface area contributed by atoms with Crippen LogP contribution < -0.4 is 0 Å². The van der Waals surface area contributed by atoms with Crippen molar-refractivity contribution in [3.63, 3.8) is 0 Å². The summed E-state index contributed by atoms with van der Waals surface area (Å²) in [6, 6.07) is 56.9. The SMILES string of the molecule is c1cc(-c2ccc3c4ccccc4c4ccccc4c3c2)cc(-c2ccc3c(c2)c2ccccc2c2nc4ccccc4nc32)c1. The summed E-state index contributed by atoms with van der Waals surface area (Å²) in [4.78, 5) is 10.2. The first-order valence-electron chi connectivity index (χ1n) is 15.8. The Morgan fingerprint density at radius 1 is 0.239 bits per heavy atom. The van der Waals surface area contributed by atoms with Gasteiger partial charge >= 0.3 is 0 Å². The molecule has 0 fully saturated rings. The van der Waals surface area contributed by atoms with E-state index in [1.165, 1.54) is 65.3 Å². The van der Waals surface area contributed by atoms with E-state index in [2.05, 4.69) is 133 Å². The molecule has 0 aliphatic carbocycles. The highest BCUT2D eigenvalue weighted by atomic mass is 14.8. The summed E-state index contributed by atoms with van der Waals surface area (Å²) in [5, 5.41) is 12.4. The van der Waals surface area contributed by atoms with Crippen LogP contribution in [-0.2, 0) is 0 Å². The summed E-state index contributed by atoms with van der Waals surface area (Å²) in [6.07, 6.45) is 0. The number of nitrogens with zero attached hydrogens (tertiary/aromatic N) is 2. The second kappa shape index (κ2) is 9.69. The maximum atomic E-state index is 5.11. The molecule has 2 nitrogen and oxygen atoms in total. The summed E-state index contributed by atoms with van der Waals surface area (Å²) >= 11 is 0. The van der Waals surface area contributed by atoms with Crippen LogP contribution in [0, 0.1) is 0 Å². The average molecular weight is 583 g/mol. The smallest absolute Gasteiger partial charge is 0.0979 e. The van der Waals surface area contributed by atoms with Gasteiger partial charge in [-0.3, -0.25) is 0 Å². The molecule has 0 aliphatic rings. The first kappa shape index (κ1) is 25.2. The van der Waals surface area contributed by atoms with Crippen LogP contribution in [0.15, 0.2) is 158 Å². The fourth-order valence-electron chi connectivity index (χ4n) is 7.42. The van der Waals surface area contributed by atoms with Gasteiger partial charge in [0, 0.05) is 10.8 Å². The number of benzene rings is 9. The van der Waals surface area contributed by atoms with E-state index in [0.29, 0.717) is 0 Å². The van der Waals surface area contributed by atoms with Crippen LogP contribution in [0.3, 0.4) is 0 Å². The first-order valence-corrected chi connectivity index (χ1v) is 15.8. The van der Waals surface area contributed by atoms with Crippen LogP contribution in [-0.4, -0.2) is 9.97 Å². The van der Waals surface area contributed by atoms with Gasteiger partial charge in [-0.2, -0.15) is 0 Å². The number of aromatic nitrogens is 2. The van der Waals surface area contributed by atoms with Crippen LogP contribution >= 0.6 is 0 Å². The highest BCUT2D eigenvalue weighted by molar-refractivity contribution is 6.26. The lowest BCUT2D eigenvalue weighted by Gasteiger charge is -2.13. The molecule has 10 aromatic rings. The minimum absolute atomic E-state index is 0.916. The van der Waals surface area contributed by atoms with Crippen LogP contribution in [0.1, 0.15) is 0 Å². The summed E-state index contributed by atoms with van der Waals surface area (Å²) in [5.74, 6) is 0. The zero-order valence-electron chi connectivity index (χ0n) is 24.9. The maximum Gasteiger partial charge on any atom is 0.0979 e. The fraction of sp³-hybridized carbons (Fsp3) is 0. The molecule has 0 unspecified atom stereocenters. The van der Waals surface area contributed by atoms with Gasteiger partial charge in [-0.25, -0.2) is 9.97 Å². The van der Waals surface area contributed by atoms with E-state index in [9.17, 15) is 0 Å². The summed E-state index contributed by atoms with van der Waals surface area (Å²) in [6.45, 7) is 0. The maximum absolute atomic E-state index is 5.11. The van der Waals surface area contributed by atoms with Gasteiger partial charge in [0.15, 0.2) is 0 Å². The largest absolute Gasteiger partial charge is 0.244 e. The van der Waals surface area contributed by atoms with E-state index in [1.54, 1.807) is 0 Å². The van der Waals surface area contributed by atoms with Crippen LogP contribution in [0.25, 0.3) is 98.2 Å². The highest BCUT2D eigenvalue weighted by Gasteiger charge is 2.14. The van der Waals surface area contributed by atoms with Gasteiger partial charge < -0.3 is 0 Å². The topological polar surface area (TPSA) is 25.8 Å². The third-order valence-electron chi connectivity index (χ3n) is 9.59. The molecule has 212 valence electrons. The Labute approximate surface area is 265 Å². The van der Waals surface area contributed by atoms with E-state index < -0.39 is 0 Å². The highest BCUT2D eigenvalue weighted by Crippen LogP contribution is 2.39. The normalized spacial score (nSPS) is 11.9. The Hall–Kier alpha value is -6.12. The van der Waals surface area contributed by atoms with Gasteiger partial charge in [0.25, 0.3) is 0 Å². The molecule has 46 heavy (non-hydrogen) atoms. The third kappa shape index (κ3) is 3.71.